The Morgan fingerprint density at radius 3 is 2.58 bits per heavy atom. The van der Waals surface area contributed by atoms with E-state index in [9.17, 15) is 14.4 Å². The van der Waals surface area contributed by atoms with Gasteiger partial charge in [0.25, 0.3) is 0 Å². The fourth-order valence-corrected chi connectivity index (χ4v) is 2.64. The van der Waals surface area contributed by atoms with Gasteiger partial charge < -0.3 is 14.8 Å². The molecule has 0 unspecified atom stereocenters. The number of hydrogen-bond donors (Lipinski definition) is 1. The van der Waals surface area contributed by atoms with Crippen molar-refractivity contribution in [2.75, 3.05) is 13.2 Å². The van der Waals surface area contributed by atoms with Crippen LogP contribution in [0.3, 0.4) is 0 Å². The predicted octanol–water partition coefficient (Wildman–Crippen LogP) is 2.74. The molecular formula is C19H26N2O5. The topological polar surface area (TPSA) is 84.9 Å². The third-order valence-corrected chi connectivity index (χ3v) is 3.89. The second-order valence-corrected chi connectivity index (χ2v) is 7.41. The second-order valence-electron chi connectivity index (χ2n) is 7.41. The quantitative estimate of drug-likeness (QED) is 0.870. The first kappa shape index (κ1) is 19.8. The van der Waals surface area contributed by atoms with E-state index < -0.39 is 23.7 Å². The van der Waals surface area contributed by atoms with Crippen molar-refractivity contribution in [2.45, 2.75) is 45.8 Å². The van der Waals surface area contributed by atoms with E-state index in [0.717, 1.165) is 10.5 Å². The zero-order chi connectivity index (χ0) is 19.3. The average molecular weight is 362 g/mol. The van der Waals surface area contributed by atoms with Crippen molar-refractivity contribution in [1.82, 2.24) is 10.2 Å². The van der Waals surface area contributed by atoms with Crippen LogP contribution < -0.4 is 5.32 Å². The fourth-order valence-electron chi connectivity index (χ4n) is 2.64. The van der Waals surface area contributed by atoms with Crippen LogP contribution in [0.1, 0.15) is 33.3 Å². The van der Waals surface area contributed by atoms with Crippen molar-refractivity contribution < 1.29 is 23.9 Å². The van der Waals surface area contributed by atoms with Gasteiger partial charge in [-0.05, 0) is 32.8 Å². The molecule has 7 heteroatoms. The number of cyclic esters (lactones) is 1. The molecule has 2 atom stereocenters. The number of amides is 3. The van der Waals surface area contributed by atoms with Crippen LogP contribution in [0.4, 0.5) is 9.59 Å². The number of hydrogen-bond acceptors (Lipinski definition) is 5. The summed E-state index contributed by atoms with van der Waals surface area (Å²) in [6, 6.07) is 9.27. The Hall–Kier alpha value is -2.57. The summed E-state index contributed by atoms with van der Waals surface area (Å²) in [4.78, 5) is 37.6. The summed E-state index contributed by atoms with van der Waals surface area (Å²) in [5.41, 5.74) is 0.407. The van der Waals surface area contributed by atoms with Crippen LogP contribution in [0.5, 0.6) is 0 Å². The highest BCUT2D eigenvalue weighted by atomic mass is 16.6. The third kappa shape index (κ3) is 5.47. The zero-order valence-electron chi connectivity index (χ0n) is 15.7. The van der Waals surface area contributed by atoms with Gasteiger partial charge in [-0.3, -0.25) is 4.79 Å². The summed E-state index contributed by atoms with van der Waals surface area (Å²) in [7, 11) is 0. The molecule has 1 aromatic carbocycles. The highest BCUT2D eigenvalue weighted by Crippen LogP contribution is 2.20. The lowest BCUT2D eigenvalue weighted by molar-refractivity contribution is -0.132. The van der Waals surface area contributed by atoms with E-state index in [1.54, 1.807) is 27.7 Å². The number of nitrogens with zero attached hydrogens (tertiary/aromatic N) is 1. The molecular weight excluding hydrogens is 336 g/mol. The molecule has 0 spiro atoms. The first-order valence-corrected chi connectivity index (χ1v) is 8.68. The number of alkyl carbamates (subject to hydrolysis) is 1. The highest BCUT2D eigenvalue weighted by molar-refractivity contribution is 5.95. The number of rotatable bonds is 5. The molecule has 26 heavy (non-hydrogen) atoms. The van der Waals surface area contributed by atoms with Gasteiger partial charge in [0.15, 0.2) is 0 Å². The van der Waals surface area contributed by atoms with Crippen molar-refractivity contribution in [1.29, 1.82) is 0 Å². The van der Waals surface area contributed by atoms with Crippen molar-refractivity contribution in [3.05, 3.63) is 35.9 Å². The largest absolute Gasteiger partial charge is 0.447 e. The lowest BCUT2D eigenvalue weighted by Crippen LogP contribution is -2.46. The molecule has 1 fully saturated rings. The van der Waals surface area contributed by atoms with Gasteiger partial charge in [0, 0.05) is 6.54 Å². The summed E-state index contributed by atoms with van der Waals surface area (Å²) in [5.74, 6) is -0.948. The lowest BCUT2D eigenvalue weighted by atomic mass is 10.0. The zero-order valence-corrected chi connectivity index (χ0v) is 15.7. The Morgan fingerprint density at radius 2 is 1.96 bits per heavy atom. The van der Waals surface area contributed by atoms with Gasteiger partial charge in [-0.25, -0.2) is 14.5 Å². The number of nitrogens with one attached hydrogen (secondary N) is 1. The SMILES string of the molecule is C[C@H](CNC(=O)OC(C)(C)C)C(=O)N1C(=O)OC[C@H]1Cc1ccccc1. The standard InChI is InChI=1S/C19H26N2O5/c1-13(11-20-17(23)26-19(2,3)4)16(22)21-15(12-25-18(21)24)10-14-8-6-5-7-9-14/h5-9,13,15H,10-12H2,1-4H3,(H,20,23)/t13-,15-/m1/s1. The predicted molar refractivity (Wildman–Crippen MR) is 95.5 cm³/mol. The van der Waals surface area contributed by atoms with Gasteiger partial charge >= 0.3 is 12.2 Å². The summed E-state index contributed by atoms with van der Waals surface area (Å²) in [5, 5.41) is 2.56. The van der Waals surface area contributed by atoms with E-state index in [1.807, 2.05) is 30.3 Å². The van der Waals surface area contributed by atoms with Gasteiger partial charge in [-0.1, -0.05) is 37.3 Å². The minimum atomic E-state index is -0.639. The molecule has 0 saturated carbocycles. The molecule has 1 aliphatic heterocycles. The Balaban J connectivity index is 1.94. The molecule has 1 heterocycles. The molecule has 0 aromatic heterocycles. The summed E-state index contributed by atoms with van der Waals surface area (Å²) < 4.78 is 10.2. The van der Waals surface area contributed by atoms with Crippen molar-refractivity contribution >= 4 is 18.1 Å². The lowest BCUT2D eigenvalue weighted by Gasteiger charge is -2.24. The highest BCUT2D eigenvalue weighted by Gasteiger charge is 2.39. The first-order valence-electron chi connectivity index (χ1n) is 8.68. The van der Waals surface area contributed by atoms with Crippen molar-refractivity contribution in [2.24, 2.45) is 5.92 Å². The Morgan fingerprint density at radius 1 is 1.31 bits per heavy atom. The van der Waals surface area contributed by atoms with E-state index in [-0.39, 0.29) is 25.1 Å². The third-order valence-electron chi connectivity index (χ3n) is 3.89. The number of carbonyl (C=O) groups is 3. The molecule has 0 bridgehead atoms. The Kier molecular flexibility index (Phi) is 6.23. The monoisotopic (exact) mass is 362 g/mol. The number of benzene rings is 1. The van der Waals surface area contributed by atoms with Crippen LogP contribution in [0, 0.1) is 5.92 Å². The molecule has 1 N–H and O–H groups in total. The van der Waals surface area contributed by atoms with Gasteiger partial charge in [0.1, 0.15) is 12.2 Å². The van der Waals surface area contributed by atoms with Gasteiger partial charge in [0.2, 0.25) is 5.91 Å². The van der Waals surface area contributed by atoms with E-state index >= 15 is 0 Å². The molecule has 1 aromatic rings. The van der Waals surface area contributed by atoms with Crippen LogP contribution in [0.15, 0.2) is 30.3 Å². The minimum Gasteiger partial charge on any atom is -0.447 e. The maximum absolute atomic E-state index is 12.7. The van der Waals surface area contributed by atoms with Crippen LogP contribution in [-0.2, 0) is 20.7 Å². The van der Waals surface area contributed by atoms with Crippen molar-refractivity contribution in [3.63, 3.8) is 0 Å². The molecule has 7 nitrogen and oxygen atoms in total. The Labute approximate surface area is 153 Å². The van der Waals surface area contributed by atoms with E-state index in [4.69, 9.17) is 9.47 Å². The molecule has 1 aliphatic rings. The summed E-state index contributed by atoms with van der Waals surface area (Å²) in [6.07, 6.45) is -0.702. The normalized spacial score (nSPS) is 18.2. The maximum Gasteiger partial charge on any atom is 0.416 e. The summed E-state index contributed by atoms with van der Waals surface area (Å²) >= 11 is 0. The average Bonchev–Trinajstić information content (AvgIpc) is 2.91. The number of ether oxygens (including phenoxy) is 2. The maximum atomic E-state index is 12.7. The molecule has 0 aliphatic carbocycles. The van der Waals surface area contributed by atoms with Crippen LogP contribution in [0.25, 0.3) is 0 Å². The molecule has 1 saturated heterocycles. The van der Waals surface area contributed by atoms with Crippen molar-refractivity contribution in [3.8, 4) is 0 Å². The van der Waals surface area contributed by atoms with Gasteiger partial charge in [-0.2, -0.15) is 0 Å². The minimum absolute atomic E-state index is 0.0790. The molecule has 2 rings (SSSR count). The van der Waals surface area contributed by atoms with Gasteiger partial charge in [-0.15, -0.1) is 0 Å². The molecule has 0 radical (unpaired) electrons. The Bertz CT molecular complexity index is 654. The number of carbonyl (C=O) groups excluding carboxylic acids is 3. The first-order chi connectivity index (χ1) is 12.2. The van der Waals surface area contributed by atoms with Crippen LogP contribution in [-0.4, -0.2) is 47.8 Å². The van der Waals surface area contributed by atoms with E-state index in [0.29, 0.717) is 6.42 Å². The fraction of sp³-hybridized carbons (Fsp3) is 0.526. The van der Waals surface area contributed by atoms with Gasteiger partial charge in [0.05, 0.1) is 12.0 Å². The van der Waals surface area contributed by atoms with E-state index in [1.165, 1.54) is 0 Å². The molecule has 3 amide bonds. The van der Waals surface area contributed by atoms with E-state index in [2.05, 4.69) is 5.32 Å². The molecule has 142 valence electrons. The van der Waals surface area contributed by atoms with Crippen LogP contribution in [0.2, 0.25) is 0 Å². The second kappa shape index (κ2) is 8.21. The smallest absolute Gasteiger partial charge is 0.416 e. The number of imide groups is 1. The van der Waals surface area contributed by atoms with Crippen LogP contribution >= 0.6 is 0 Å². The summed E-state index contributed by atoms with van der Waals surface area (Å²) in [6.45, 7) is 7.19.